The Balaban J connectivity index is 0.000000811. The van der Waals surface area contributed by atoms with Gasteiger partial charge in [-0.1, -0.05) is 27.7 Å². The first-order valence-corrected chi connectivity index (χ1v) is 5.89. The SMILES string of the molecule is CC.CCC(C)C1=c2ncoc2=CC=C=C1.[Y]. The van der Waals surface area contributed by atoms with Gasteiger partial charge < -0.3 is 4.42 Å². The molecule has 1 aliphatic carbocycles. The van der Waals surface area contributed by atoms with Gasteiger partial charge in [-0.2, -0.15) is 0 Å². The molecular formula is C14H19NOY. The standard InChI is InChI=1S/C12H13NO.C2H6.Y/c1-3-9(2)10-6-4-5-7-11-12(10)13-8-14-11;1-2;/h5-9H,3H2,1-2H3;1-2H3;. The van der Waals surface area contributed by atoms with Crippen LogP contribution in [-0.4, -0.2) is 4.98 Å². The molecule has 17 heavy (non-hydrogen) atoms. The quantitative estimate of drug-likeness (QED) is 0.784. The largest absolute Gasteiger partial charge is 0.443 e. The Hall–Kier alpha value is -0.426. The Morgan fingerprint density at radius 3 is 2.76 bits per heavy atom. The maximum Gasteiger partial charge on any atom is 0.181 e. The fraction of sp³-hybridized carbons (Fsp3) is 0.429. The van der Waals surface area contributed by atoms with E-state index in [0.717, 1.165) is 17.2 Å². The molecule has 0 amide bonds. The summed E-state index contributed by atoms with van der Waals surface area (Å²) >= 11 is 0. The van der Waals surface area contributed by atoms with Crippen LogP contribution < -0.4 is 10.8 Å². The predicted octanol–water partition coefficient (Wildman–Crippen LogP) is 2.40. The van der Waals surface area contributed by atoms with Crippen LogP contribution in [0.4, 0.5) is 0 Å². The summed E-state index contributed by atoms with van der Waals surface area (Å²) in [5.74, 6) is 0.492. The van der Waals surface area contributed by atoms with Crippen LogP contribution in [0.1, 0.15) is 34.1 Å². The second kappa shape index (κ2) is 8.63. The smallest absolute Gasteiger partial charge is 0.181 e. The maximum absolute atomic E-state index is 5.28. The van der Waals surface area contributed by atoms with Gasteiger partial charge in [-0.3, -0.25) is 0 Å². The molecule has 0 spiro atoms. The van der Waals surface area contributed by atoms with Crippen LogP contribution in [-0.2, 0) is 32.7 Å². The van der Waals surface area contributed by atoms with Crippen molar-refractivity contribution in [2.45, 2.75) is 34.1 Å². The summed E-state index contributed by atoms with van der Waals surface area (Å²) in [6.07, 6.45) is 8.35. The van der Waals surface area contributed by atoms with Crippen LogP contribution in [0.15, 0.2) is 28.7 Å². The third kappa shape index (κ3) is 4.06. The molecule has 0 saturated heterocycles. The average Bonchev–Trinajstić information content (AvgIpc) is 2.71. The number of aromatic nitrogens is 1. The molecule has 0 aromatic carbocycles. The van der Waals surface area contributed by atoms with E-state index in [1.54, 1.807) is 0 Å². The predicted molar refractivity (Wildman–Crippen MR) is 67.1 cm³/mol. The molecule has 0 N–H and O–H groups in total. The van der Waals surface area contributed by atoms with Gasteiger partial charge >= 0.3 is 0 Å². The van der Waals surface area contributed by atoms with Crippen molar-refractivity contribution in [2.75, 3.05) is 0 Å². The van der Waals surface area contributed by atoms with E-state index in [1.807, 2.05) is 32.1 Å². The summed E-state index contributed by atoms with van der Waals surface area (Å²) in [5.41, 5.74) is 5.15. The topological polar surface area (TPSA) is 26.0 Å². The number of hydrogen-bond donors (Lipinski definition) is 0. The second-order valence-electron chi connectivity index (χ2n) is 3.47. The van der Waals surface area contributed by atoms with Crippen LogP contribution in [0, 0.1) is 5.92 Å². The molecule has 1 aromatic rings. The normalized spacial score (nSPS) is 13.5. The van der Waals surface area contributed by atoms with Gasteiger partial charge in [0.15, 0.2) is 11.8 Å². The third-order valence-electron chi connectivity index (χ3n) is 2.58. The van der Waals surface area contributed by atoms with E-state index >= 15 is 0 Å². The van der Waals surface area contributed by atoms with Gasteiger partial charge in [0.05, 0.1) is 0 Å². The Bertz CT molecular complexity index is 507. The zero-order chi connectivity index (χ0) is 12.0. The summed E-state index contributed by atoms with van der Waals surface area (Å²) in [4.78, 5) is 4.24. The summed E-state index contributed by atoms with van der Waals surface area (Å²) in [5, 5.41) is 0.959. The molecule has 1 unspecified atom stereocenters. The summed E-state index contributed by atoms with van der Waals surface area (Å²) in [6, 6.07) is 0. The van der Waals surface area contributed by atoms with Gasteiger partial charge in [-0.25, -0.2) is 4.98 Å². The first-order chi connectivity index (χ1) is 7.83. The monoisotopic (exact) mass is 306 g/mol. The van der Waals surface area contributed by atoms with Gasteiger partial charge in [0.1, 0.15) is 5.35 Å². The van der Waals surface area contributed by atoms with Crippen molar-refractivity contribution < 1.29 is 37.1 Å². The molecule has 0 aliphatic heterocycles. The molecule has 2 nitrogen and oxygen atoms in total. The molecule has 1 radical (unpaired) electrons. The number of hydrogen-bond acceptors (Lipinski definition) is 2. The number of nitrogens with zero attached hydrogens (tertiary/aromatic N) is 1. The van der Waals surface area contributed by atoms with Gasteiger partial charge in [0.25, 0.3) is 0 Å². The minimum Gasteiger partial charge on any atom is -0.443 e. The van der Waals surface area contributed by atoms with E-state index in [1.165, 1.54) is 12.0 Å². The van der Waals surface area contributed by atoms with Crippen molar-refractivity contribution in [3.05, 3.63) is 35.0 Å². The zero-order valence-corrected chi connectivity index (χ0v) is 13.9. The Morgan fingerprint density at radius 2 is 2.12 bits per heavy atom. The van der Waals surface area contributed by atoms with Gasteiger partial charge in [-0.05, 0) is 36.1 Å². The molecule has 0 bridgehead atoms. The number of rotatable bonds is 2. The fourth-order valence-corrected chi connectivity index (χ4v) is 1.52. The Morgan fingerprint density at radius 1 is 1.41 bits per heavy atom. The van der Waals surface area contributed by atoms with Gasteiger partial charge in [0, 0.05) is 32.7 Å². The van der Waals surface area contributed by atoms with E-state index in [4.69, 9.17) is 4.42 Å². The number of allylic oxidation sites excluding steroid dienone is 1. The molecule has 3 heteroatoms. The summed E-state index contributed by atoms with van der Waals surface area (Å²) in [7, 11) is 0. The van der Waals surface area contributed by atoms with Crippen molar-refractivity contribution in [3.63, 3.8) is 0 Å². The van der Waals surface area contributed by atoms with Crippen molar-refractivity contribution in [1.29, 1.82) is 0 Å². The van der Waals surface area contributed by atoms with Crippen molar-refractivity contribution in [1.82, 2.24) is 4.98 Å². The molecule has 1 heterocycles. The Kier molecular flexibility index (Phi) is 8.42. The summed E-state index contributed by atoms with van der Waals surface area (Å²) < 4.78 is 5.28. The second-order valence-corrected chi connectivity index (χ2v) is 3.47. The van der Waals surface area contributed by atoms with Crippen LogP contribution in [0.25, 0.3) is 11.6 Å². The minimum atomic E-state index is 0. The molecule has 0 fully saturated rings. The molecular weight excluding hydrogens is 287 g/mol. The zero-order valence-electron chi connectivity index (χ0n) is 11.0. The average molecular weight is 306 g/mol. The molecule has 1 aromatic heterocycles. The van der Waals surface area contributed by atoms with Crippen LogP contribution >= 0.6 is 0 Å². The van der Waals surface area contributed by atoms with Crippen molar-refractivity contribution in [3.8, 4) is 0 Å². The number of oxazole rings is 1. The number of fused-ring (bicyclic) bond motifs is 1. The maximum atomic E-state index is 5.28. The van der Waals surface area contributed by atoms with Crippen LogP contribution in [0.3, 0.4) is 0 Å². The van der Waals surface area contributed by atoms with E-state index in [2.05, 4.69) is 24.6 Å². The van der Waals surface area contributed by atoms with E-state index in [9.17, 15) is 0 Å². The van der Waals surface area contributed by atoms with Crippen molar-refractivity contribution >= 4 is 11.6 Å². The third-order valence-corrected chi connectivity index (χ3v) is 2.58. The molecule has 0 saturated carbocycles. The first-order valence-electron chi connectivity index (χ1n) is 5.89. The van der Waals surface area contributed by atoms with E-state index < -0.39 is 0 Å². The molecule has 1 aliphatic rings. The Labute approximate surface area is 128 Å². The first kappa shape index (κ1) is 16.6. The van der Waals surface area contributed by atoms with Crippen LogP contribution in [0.5, 0.6) is 0 Å². The molecule has 89 valence electrons. The fourth-order valence-electron chi connectivity index (χ4n) is 1.52. The summed E-state index contributed by atoms with van der Waals surface area (Å²) in [6.45, 7) is 8.36. The van der Waals surface area contributed by atoms with Gasteiger partial charge in [0.2, 0.25) is 0 Å². The van der Waals surface area contributed by atoms with Crippen LogP contribution in [0.2, 0.25) is 0 Å². The van der Waals surface area contributed by atoms with E-state index in [-0.39, 0.29) is 32.7 Å². The van der Waals surface area contributed by atoms with Gasteiger partial charge in [-0.15, -0.1) is 5.73 Å². The molecule has 2 rings (SSSR count). The van der Waals surface area contributed by atoms with E-state index in [0.29, 0.717) is 5.92 Å². The molecule has 1 atom stereocenters. The van der Waals surface area contributed by atoms with Crippen molar-refractivity contribution in [2.24, 2.45) is 5.92 Å². The minimum absolute atomic E-state index is 0.